The highest BCUT2D eigenvalue weighted by molar-refractivity contribution is 5.82. The number of carboxylic acids is 1. The lowest BCUT2D eigenvalue weighted by Gasteiger charge is -2.25. The van der Waals surface area contributed by atoms with Crippen molar-refractivity contribution in [2.75, 3.05) is 32.8 Å². The summed E-state index contributed by atoms with van der Waals surface area (Å²) in [7, 11) is 0. The van der Waals surface area contributed by atoms with Crippen molar-refractivity contribution in [1.82, 2.24) is 10.2 Å². The summed E-state index contributed by atoms with van der Waals surface area (Å²) in [5.74, 6) is -0.988. The molecule has 0 bridgehead atoms. The standard InChI is InChI=1S/C13H22N2O4/c1-3-14-10-7-19-6-9(10)11(16)15-5-4-13(2,8-15)12(17)18/h9-10,14H,3-8H2,1-2H3,(H,17,18). The molecule has 6 nitrogen and oxygen atoms in total. The van der Waals surface area contributed by atoms with E-state index in [2.05, 4.69) is 5.32 Å². The van der Waals surface area contributed by atoms with E-state index in [9.17, 15) is 14.7 Å². The molecule has 19 heavy (non-hydrogen) atoms. The van der Waals surface area contributed by atoms with E-state index in [1.807, 2.05) is 6.92 Å². The maximum atomic E-state index is 12.5. The van der Waals surface area contributed by atoms with Gasteiger partial charge in [-0.25, -0.2) is 0 Å². The minimum Gasteiger partial charge on any atom is -0.481 e. The third-order valence-electron chi connectivity index (χ3n) is 4.17. The average molecular weight is 270 g/mol. The summed E-state index contributed by atoms with van der Waals surface area (Å²) in [6, 6.07) is 0.0502. The Kier molecular flexibility index (Phi) is 4.10. The topological polar surface area (TPSA) is 78.9 Å². The Labute approximate surface area is 113 Å². The van der Waals surface area contributed by atoms with E-state index in [-0.39, 0.29) is 17.9 Å². The van der Waals surface area contributed by atoms with E-state index >= 15 is 0 Å². The van der Waals surface area contributed by atoms with E-state index in [1.54, 1.807) is 11.8 Å². The summed E-state index contributed by atoms with van der Waals surface area (Å²) < 4.78 is 5.38. The van der Waals surface area contributed by atoms with Gasteiger partial charge in [-0.3, -0.25) is 9.59 Å². The number of ether oxygens (including phenoxy) is 1. The van der Waals surface area contributed by atoms with Gasteiger partial charge in [0.1, 0.15) is 0 Å². The molecule has 3 atom stereocenters. The number of hydrogen-bond acceptors (Lipinski definition) is 4. The van der Waals surface area contributed by atoms with Gasteiger partial charge in [-0.15, -0.1) is 0 Å². The van der Waals surface area contributed by atoms with E-state index in [4.69, 9.17) is 4.74 Å². The number of carbonyl (C=O) groups is 2. The highest BCUT2D eigenvalue weighted by atomic mass is 16.5. The SMILES string of the molecule is CCNC1COCC1C(=O)N1CCC(C)(C(=O)O)C1. The van der Waals surface area contributed by atoms with Crippen LogP contribution in [0.5, 0.6) is 0 Å². The number of nitrogens with zero attached hydrogens (tertiary/aromatic N) is 1. The Bertz CT molecular complexity index is 374. The molecule has 2 rings (SSSR count). The molecule has 2 N–H and O–H groups in total. The van der Waals surface area contributed by atoms with Gasteiger partial charge in [0.05, 0.1) is 24.5 Å². The van der Waals surface area contributed by atoms with E-state index in [0.29, 0.717) is 32.7 Å². The maximum absolute atomic E-state index is 12.5. The second kappa shape index (κ2) is 5.46. The minimum absolute atomic E-state index is 0.0217. The fourth-order valence-corrected chi connectivity index (χ4v) is 2.82. The van der Waals surface area contributed by atoms with Crippen molar-refractivity contribution in [2.24, 2.45) is 11.3 Å². The molecule has 6 heteroatoms. The van der Waals surface area contributed by atoms with Gasteiger partial charge in [0.2, 0.25) is 5.91 Å². The van der Waals surface area contributed by atoms with Crippen molar-refractivity contribution < 1.29 is 19.4 Å². The third kappa shape index (κ3) is 2.74. The van der Waals surface area contributed by atoms with Crippen LogP contribution in [-0.2, 0) is 14.3 Å². The van der Waals surface area contributed by atoms with Gasteiger partial charge < -0.3 is 20.1 Å². The summed E-state index contributed by atoms with van der Waals surface area (Å²) in [4.78, 5) is 25.3. The lowest BCUT2D eigenvalue weighted by Crippen LogP contribution is -2.46. The van der Waals surface area contributed by atoms with Crippen LogP contribution in [0.1, 0.15) is 20.3 Å². The molecule has 2 fully saturated rings. The molecule has 1 amide bonds. The molecule has 0 aromatic carbocycles. The molecule has 0 aliphatic carbocycles. The molecule has 0 aromatic rings. The number of carboxylic acid groups (broad SMARTS) is 1. The number of amides is 1. The average Bonchev–Trinajstić information content (AvgIpc) is 2.97. The first-order valence-corrected chi connectivity index (χ1v) is 6.81. The first-order chi connectivity index (χ1) is 8.98. The molecule has 108 valence electrons. The van der Waals surface area contributed by atoms with Gasteiger partial charge in [-0.1, -0.05) is 6.92 Å². The summed E-state index contributed by atoms with van der Waals surface area (Å²) in [5.41, 5.74) is -0.803. The van der Waals surface area contributed by atoms with Crippen LogP contribution in [0.2, 0.25) is 0 Å². The smallest absolute Gasteiger partial charge is 0.311 e. The molecule has 2 aliphatic rings. The number of aliphatic carboxylic acids is 1. The maximum Gasteiger partial charge on any atom is 0.311 e. The molecular formula is C13H22N2O4. The molecule has 2 heterocycles. The molecule has 2 aliphatic heterocycles. The van der Waals surface area contributed by atoms with Crippen LogP contribution < -0.4 is 5.32 Å². The van der Waals surface area contributed by atoms with Gasteiger partial charge in [0.15, 0.2) is 0 Å². The fraction of sp³-hybridized carbons (Fsp3) is 0.846. The summed E-state index contributed by atoms with van der Waals surface area (Å²) in [6.45, 7) is 6.30. The molecule has 3 unspecified atom stereocenters. The Balaban J connectivity index is 1.99. The van der Waals surface area contributed by atoms with Gasteiger partial charge >= 0.3 is 5.97 Å². The molecule has 0 aromatic heterocycles. The highest BCUT2D eigenvalue weighted by Crippen LogP contribution is 2.31. The zero-order chi connectivity index (χ0) is 14.0. The second-order valence-corrected chi connectivity index (χ2v) is 5.68. The number of nitrogens with one attached hydrogen (secondary N) is 1. The van der Waals surface area contributed by atoms with Crippen LogP contribution >= 0.6 is 0 Å². The van der Waals surface area contributed by atoms with Crippen LogP contribution in [0.25, 0.3) is 0 Å². The Morgan fingerprint density at radius 2 is 2.21 bits per heavy atom. The lowest BCUT2D eigenvalue weighted by atomic mass is 9.90. The minimum atomic E-state index is -0.825. The monoisotopic (exact) mass is 270 g/mol. The quantitative estimate of drug-likeness (QED) is 0.748. The summed E-state index contributed by atoms with van der Waals surface area (Å²) >= 11 is 0. The van der Waals surface area contributed by atoms with Crippen LogP contribution in [0, 0.1) is 11.3 Å². The molecule has 2 saturated heterocycles. The largest absolute Gasteiger partial charge is 0.481 e. The van der Waals surface area contributed by atoms with Gasteiger partial charge in [-0.05, 0) is 19.9 Å². The van der Waals surface area contributed by atoms with E-state index in [1.165, 1.54) is 0 Å². The Hall–Kier alpha value is -1.14. The second-order valence-electron chi connectivity index (χ2n) is 5.68. The van der Waals surface area contributed by atoms with E-state index < -0.39 is 11.4 Å². The van der Waals surface area contributed by atoms with Crippen molar-refractivity contribution in [1.29, 1.82) is 0 Å². The van der Waals surface area contributed by atoms with Crippen molar-refractivity contribution >= 4 is 11.9 Å². The predicted octanol–water partition coefficient (Wildman–Crippen LogP) is -0.0659. The van der Waals surface area contributed by atoms with Crippen molar-refractivity contribution in [3.05, 3.63) is 0 Å². The lowest BCUT2D eigenvalue weighted by molar-refractivity contribution is -0.147. The molecule has 0 saturated carbocycles. The first-order valence-electron chi connectivity index (χ1n) is 6.81. The molecule has 0 spiro atoms. The molecular weight excluding hydrogens is 248 g/mol. The summed E-state index contributed by atoms with van der Waals surface area (Å²) in [5, 5.41) is 12.5. The van der Waals surface area contributed by atoms with Crippen LogP contribution in [0.15, 0.2) is 0 Å². The number of carbonyl (C=O) groups excluding carboxylic acids is 1. The number of hydrogen-bond donors (Lipinski definition) is 2. The Morgan fingerprint density at radius 1 is 1.47 bits per heavy atom. The zero-order valence-electron chi connectivity index (χ0n) is 11.5. The Morgan fingerprint density at radius 3 is 2.79 bits per heavy atom. The van der Waals surface area contributed by atoms with Crippen LogP contribution in [-0.4, -0.2) is 60.8 Å². The fourth-order valence-electron chi connectivity index (χ4n) is 2.82. The third-order valence-corrected chi connectivity index (χ3v) is 4.17. The molecule has 0 radical (unpaired) electrons. The van der Waals surface area contributed by atoms with Crippen LogP contribution in [0.3, 0.4) is 0 Å². The predicted molar refractivity (Wildman–Crippen MR) is 68.7 cm³/mol. The normalized spacial score (nSPS) is 34.7. The highest BCUT2D eigenvalue weighted by Gasteiger charge is 2.45. The zero-order valence-corrected chi connectivity index (χ0v) is 11.5. The summed E-state index contributed by atoms with van der Waals surface area (Å²) in [6.07, 6.45) is 0.521. The van der Waals surface area contributed by atoms with Crippen LogP contribution in [0.4, 0.5) is 0 Å². The number of likely N-dealkylation sites (tertiary alicyclic amines) is 1. The number of likely N-dealkylation sites (N-methyl/N-ethyl adjacent to an activating group) is 1. The van der Waals surface area contributed by atoms with Crippen molar-refractivity contribution in [3.8, 4) is 0 Å². The van der Waals surface area contributed by atoms with Gasteiger partial charge in [0.25, 0.3) is 0 Å². The van der Waals surface area contributed by atoms with Gasteiger partial charge in [-0.2, -0.15) is 0 Å². The first kappa shape index (κ1) is 14.3. The number of rotatable bonds is 4. The van der Waals surface area contributed by atoms with Gasteiger partial charge in [0, 0.05) is 19.1 Å². The van der Waals surface area contributed by atoms with Crippen molar-refractivity contribution in [2.45, 2.75) is 26.3 Å². The van der Waals surface area contributed by atoms with Crippen molar-refractivity contribution in [3.63, 3.8) is 0 Å². The van der Waals surface area contributed by atoms with E-state index in [0.717, 1.165) is 6.54 Å².